The van der Waals surface area contributed by atoms with Crippen LogP contribution in [0.2, 0.25) is 0 Å². The average Bonchev–Trinajstić information content (AvgIpc) is 3.09. The first-order valence-electron chi connectivity index (χ1n) is 6.92. The summed E-state index contributed by atoms with van der Waals surface area (Å²) in [4.78, 5) is 18.5. The summed E-state index contributed by atoms with van der Waals surface area (Å²) in [5, 5.41) is 11.7. The summed E-state index contributed by atoms with van der Waals surface area (Å²) < 4.78 is 5.64. The van der Waals surface area contributed by atoms with E-state index in [0.29, 0.717) is 11.6 Å². The van der Waals surface area contributed by atoms with Gasteiger partial charge in [-0.05, 0) is 12.8 Å². The Kier molecular flexibility index (Phi) is 4.07. The standard InChI is InChI=1S/C14H15N7O/c1-21(14-3-2-4-22-14)13-5-11(18-9-19-13)20-12-8-16-10(6-15)7-17-12/h5,7-9,14H,2-4H2,1H3,(H,17,18,19,20). The maximum Gasteiger partial charge on any atom is 0.158 e. The summed E-state index contributed by atoms with van der Waals surface area (Å²) in [5.74, 6) is 1.89. The monoisotopic (exact) mass is 297 g/mol. The van der Waals surface area contributed by atoms with Gasteiger partial charge in [0.05, 0.1) is 12.4 Å². The van der Waals surface area contributed by atoms with Crippen molar-refractivity contribution in [2.75, 3.05) is 23.9 Å². The molecule has 112 valence electrons. The maximum atomic E-state index is 8.71. The molecule has 1 aliphatic rings. The van der Waals surface area contributed by atoms with Gasteiger partial charge in [-0.2, -0.15) is 5.26 Å². The van der Waals surface area contributed by atoms with Crippen molar-refractivity contribution in [2.45, 2.75) is 19.1 Å². The fourth-order valence-electron chi connectivity index (χ4n) is 2.20. The lowest BCUT2D eigenvalue weighted by molar-refractivity contribution is 0.111. The second-order valence-corrected chi connectivity index (χ2v) is 4.86. The van der Waals surface area contributed by atoms with Crippen molar-refractivity contribution in [1.29, 1.82) is 5.26 Å². The molecular weight excluding hydrogens is 282 g/mol. The number of nitrogens with one attached hydrogen (secondary N) is 1. The van der Waals surface area contributed by atoms with Gasteiger partial charge in [0.2, 0.25) is 0 Å². The van der Waals surface area contributed by atoms with Gasteiger partial charge in [0.25, 0.3) is 0 Å². The second-order valence-electron chi connectivity index (χ2n) is 4.86. The molecule has 0 radical (unpaired) electrons. The number of rotatable bonds is 4. The number of ether oxygens (including phenoxy) is 1. The highest BCUT2D eigenvalue weighted by atomic mass is 16.5. The van der Waals surface area contributed by atoms with Gasteiger partial charge < -0.3 is 15.0 Å². The minimum atomic E-state index is 0.0532. The Morgan fingerprint density at radius 3 is 2.86 bits per heavy atom. The Bertz CT molecular complexity index is 676. The van der Waals surface area contributed by atoms with E-state index in [1.165, 1.54) is 18.7 Å². The molecule has 1 aliphatic heterocycles. The molecule has 0 spiro atoms. The molecule has 8 nitrogen and oxygen atoms in total. The molecule has 1 fully saturated rings. The van der Waals surface area contributed by atoms with Gasteiger partial charge in [0.1, 0.15) is 36.1 Å². The summed E-state index contributed by atoms with van der Waals surface area (Å²) in [7, 11) is 1.95. The van der Waals surface area contributed by atoms with Crippen molar-refractivity contribution in [2.24, 2.45) is 0 Å². The molecule has 0 aromatic carbocycles. The molecular formula is C14H15N7O. The topological polar surface area (TPSA) is 99.9 Å². The molecule has 1 unspecified atom stereocenters. The molecule has 1 N–H and O–H groups in total. The van der Waals surface area contributed by atoms with Gasteiger partial charge in [0, 0.05) is 19.7 Å². The fourth-order valence-corrected chi connectivity index (χ4v) is 2.20. The Labute approximate surface area is 127 Å². The summed E-state index contributed by atoms with van der Waals surface area (Å²) in [6.07, 6.45) is 6.49. The number of aromatic nitrogens is 4. The number of anilines is 3. The zero-order valence-electron chi connectivity index (χ0n) is 12.1. The molecule has 8 heteroatoms. The van der Waals surface area contributed by atoms with Crippen molar-refractivity contribution < 1.29 is 4.74 Å². The normalized spacial score (nSPS) is 17.0. The SMILES string of the molecule is CN(c1cc(Nc2cnc(C#N)cn2)ncn1)C1CCCO1. The van der Waals surface area contributed by atoms with Gasteiger partial charge >= 0.3 is 0 Å². The van der Waals surface area contributed by atoms with Gasteiger partial charge in [-0.1, -0.05) is 0 Å². The zero-order chi connectivity index (χ0) is 15.4. The van der Waals surface area contributed by atoms with Crippen molar-refractivity contribution in [3.05, 3.63) is 30.5 Å². The molecule has 2 aromatic rings. The van der Waals surface area contributed by atoms with Gasteiger partial charge in [-0.3, -0.25) is 0 Å². The van der Waals surface area contributed by atoms with Crippen LogP contribution in [-0.4, -0.2) is 39.8 Å². The molecule has 0 amide bonds. The largest absolute Gasteiger partial charge is 0.358 e. The molecule has 1 atom stereocenters. The van der Waals surface area contributed by atoms with E-state index in [0.717, 1.165) is 25.3 Å². The third kappa shape index (κ3) is 3.10. The number of hydrogen-bond donors (Lipinski definition) is 1. The number of nitrogens with zero attached hydrogens (tertiary/aromatic N) is 6. The summed E-state index contributed by atoms with van der Waals surface area (Å²) in [5.41, 5.74) is 0.270. The van der Waals surface area contributed by atoms with Crippen LogP contribution in [0.15, 0.2) is 24.8 Å². The molecule has 3 rings (SSSR count). The summed E-state index contributed by atoms with van der Waals surface area (Å²) in [6.45, 7) is 0.784. The minimum absolute atomic E-state index is 0.0532. The van der Waals surface area contributed by atoms with E-state index in [4.69, 9.17) is 10.00 Å². The first-order chi connectivity index (χ1) is 10.8. The van der Waals surface area contributed by atoms with Gasteiger partial charge in [0.15, 0.2) is 5.69 Å². The molecule has 1 saturated heterocycles. The van der Waals surface area contributed by atoms with Gasteiger partial charge in [-0.15, -0.1) is 0 Å². The van der Waals surface area contributed by atoms with Crippen LogP contribution in [0.25, 0.3) is 0 Å². The van der Waals surface area contributed by atoms with Crippen LogP contribution >= 0.6 is 0 Å². The molecule has 22 heavy (non-hydrogen) atoms. The van der Waals surface area contributed by atoms with E-state index in [1.807, 2.05) is 24.1 Å². The van der Waals surface area contributed by atoms with Crippen molar-refractivity contribution >= 4 is 17.5 Å². The average molecular weight is 297 g/mol. The highest BCUT2D eigenvalue weighted by Gasteiger charge is 2.21. The molecule has 0 saturated carbocycles. The molecule has 3 heterocycles. The molecule has 0 bridgehead atoms. The quantitative estimate of drug-likeness (QED) is 0.905. The third-order valence-corrected chi connectivity index (χ3v) is 3.37. The fraction of sp³-hybridized carbons (Fsp3) is 0.357. The van der Waals surface area contributed by atoms with Crippen LogP contribution in [0.3, 0.4) is 0 Å². The zero-order valence-corrected chi connectivity index (χ0v) is 12.1. The third-order valence-electron chi connectivity index (χ3n) is 3.37. The van der Waals surface area contributed by atoms with Crippen LogP contribution in [0.4, 0.5) is 17.5 Å². The number of hydrogen-bond acceptors (Lipinski definition) is 8. The van der Waals surface area contributed by atoms with Crippen molar-refractivity contribution in [1.82, 2.24) is 19.9 Å². The number of nitriles is 1. The second kappa shape index (κ2) is 6.32. The lowest BCUT2D eigenvalue weighted by Gasteiger charge is -2.24. The van der Waals surface area contributed by atoms with Crippen LogP contribution in [0.1, 0.15) is 18.5 Å². The summed E-state index contributed by atoms with van der Waals surface area (Å²) >= 11 is 0. The van der Waals surface area contributed by atoms with Crippen molar-refractivity contribution in [3.8, 4) is 6.07 Å². The van der Waals surface area contributed by atoms with E-state index in [1.54, 1.807) is 0 Å². The lowest BCUT2D eigenvalue weighted by Crippen LogP contribution is -2.31. The van der Waals surface area contributed by atoms with Crippen LogP contribution < -0.4 is 10.2 Å². The van der Waals surface area contributed by atoms with Gasteiger partial charge in [-0.25, -0.2) is 19.9 Å². The Balaban J connectivity index is 1.74. The van der Waals surface area contributed by atoms with Crippen LogP contribution in [0, 0.1) is 11.3 Å². The minimum Gasteiger partial charge on any atom is -0.358 e. The predicted molar refractivity (Wildman–Crippen MR) is 79.4 cm³/mol. The van der Waals surface area contributed by atoms with Crippen molar-refractivity contribution in [3.63, 3.8) is 0 Å². The van der Waals surface area contributed by atoms with E-state index in [9.17, 15) is 0 Å². The van der Waals surface area contributed by atoms with Crippen LogP contribution in [0.5, 0.6) is 0 Å². The van der Waals surface area contributed by atoms with E-state index in [-0.39, 0.29) is 11.9 Å². The Morgan fingerprint density at radius 2 is 2.18 bits per heavy atom. The Morgan fingerprint density at radius 1 is 1.27 bits per heavy atom. The lowest BCUT2D eigenvalue weighted by atomic mass is 10.3. The highest BCUT2D eigenvalue weighted by molar-refractivity contribution is 5.55. The van der Waals surface area contributed by atoms with E-state index < -0.39 is 0 Å². The predicted octanol–water partition coefficient (Wildman–Crippen LogP) is 1.45. The first-order valence-corrected chi connectivity index (χ1v) is 6.92. The first kappa shape index (κ1) is 14.2. The summed E-state index contributed by atoms with van der Waals surface area (Å²) in [6, 6.07) is 3.75. The van der Waals surface area contributed by atoms with E-state index in [2.05, 4.69) is 25.3 Å². The van der Waals surface area contributed by atoms with Crippen LogP contribution in [-0.2, 0) is 4.74 Å². The highest BCUT2D eigenvalue weighted by Crippen LogP contribution is 2.22. The smallest absolute Gasteiger partial charge is 0.158 e. The molecule has 0 aliphatic carbocycles. The Hall–Kier alpha value is -2.79. The van der Waals surface area contributed by atoms with E-state index >= 15 is 0 Å². The molecule has 2 aromatic heterocycles. The maximum absolute atomic E-state index is 8.71.